The smallest absolute Gasteiger partial charge is 0.000777 e. The second-order valence-electron chi connectivity index (χ2n) is 10.4. The highest BCUT2D eigenvalue weighted by Gasteiger charge is 2.40. The Kier molecular flexibility index (Phi) is 13.6. The number of hydrogen-bond donors (Lipinski definition) is 0. The number of hydrogen-bond acceptors (Lipinski definition) is 0. The monoisotopic (exact) mass is 412 g/mol. The van der Waals surface area contributed by atoms with Gasteiger partial charge >= 0.3 is 0 Å². The Morgan fingerprint density at radius 1 is 0.700 bits per heavy atom. The van der Waals surface area contributed by atoms with Crippen molar-refractivity contribution in [2.75, 3.05) is 0 Å². The predicted molar refractivity (Wildman–Crippen MR) is 135 cm³/mol. The number of allylic oxidation sites excluding steroid dienone is 3. The van der Waals surface area contributed by atoms with Crippen LogP contribution in [-0.4, -0.2) is 0 Å². The minimum Gasteiger partial charge on any atom is -0.121 e. The zero-order valence-electron chi connectivity index (χ0n) is 20.9. The van der Waals surface area contributed by atoms with Crippen molar-refractivity contribution in [3.05, 3.63) is 28.5 Å². The fourth-order valence-corrected chi connectivity index (χ4v) is 5.75. The molecule has 0 heteroatoms. The standard InChI is InChI=1S/C30H52/c1-4-5-6-7-8-9-10-11-15-18-21-24-28-27-23-20-17-14-12-13-16-19-22-25-29(27)30(28)26(2)3/h21,27,29H,4-20,22-23,25H2,1-3H3. The van der Waals surface area contributed by atoms with E-state index in [0.717, 1.165) is 11.8 Å². The van der Waals surface area contributed by atoms with Crippen LogP contribution in [0, 0.1) is 11.8 Å². The molecule has 0 aromatic carbocycles. The van der Waals surface area contributed by atoms with Gasteiger partial charge in [0.25, 0.3) is 0 Å². The van der Waals surface area contributed by atoms with Crippen LogP contribution in [0.1, 0.15) is 149 Å². The van der Waals surface area contributed by atoms with Gasteiger partial charge < -0.3 is 0 Å². The average Bonchev–Trinajstić information content (AvgIpc) is 2.71. The van der Waals surface area contributed by atoms with Crippen molar-refractivity contribution in [1.29, 1.82) is 0 Å². The van der Waals surface area contributed by atoms with Gasteiger partial charge in [0, 0.05) is 5.57 Å². The van der Waals surface area contributed by atoms with E-state index in [0.29, 0.717) is 0 Å². The van der Waals surface area contributed by atoms with Crippen molar-refractivity contribution in [3.63, 3.8) is 0 Å². The van der Waals surface area contributed by atoms with Crippen molar-refractivity contribution in [2.24, 2.45) is 11.8 Å². The van der Waals surface area contributed by atoms with Crippen molar-refractivity contribution in [2.45, 2.75) is 149 Å². The van der Waals surface area contributed by atoms with E-state index >= 15 is 0 Å². The first-order valence-corrected chi connectivity index (χ1v) is 13.9. The van der Waals surface area contributed by atoms with Gasteiger partial charge in [-0.1, -0.05) is 115 Å². The predicted octanol–water partition coefficient (Wildman–Crippen LogP) is 10.5. The second kappa shape index (κ2) is 16.0. The highest BCUT2D eigenvalue weighted by molar-refractivity contribution is 5.47. The summed E-state index contributed by atoms with van der Waals surface area (Å²) in [5.41, 5.74) is 8.68. The average molecular weight is 413 g/mol. The molecule has 0 amide bonds. The fourth-order valence-electron chi connectivity index (χ4n) is 5.75. The third-order valence-electron chi connectivity index (χ3n) is 7.55. The minimum atomic E-state index is 0.814. The summed E-state index contributed by atoms with van der Waals surface area (Å²) in [6.45, 7) is 6.98. The van der Waals surface area contributed by atoms with Crippen LogP contribution in [0.4, 0.5) is 0 Å². The molecule has 0 saturated heterocycles. The molecule has 30 heavy (non-hydrogen) atoms. The van der Waals surface area contributed by atoms with Gasteiger partial charge in [-0.05, 0) is 63.0 Å². The molecule has 2 aliphatic carbocycles. The van der Waals surface area contributed by atoms with E-state index in [1.807, 2.05) is 0 Å². The van der Waals surface area contributed by atoms with Crippen LogP contribution >= 0.6 is 0 Å². The zero-order valence-corrected chi connectivity index (χ0v) is 20.9. The molecule has 2 aliphatic rings. The third-order valence-corrected chi connectivity index (χ3v) is 7.55. The molecular formula is C30H52. The van der Waals surface area contributed by atoms with Crippen molar-refractivity contribution < 1.29 is 0 Å². The van der Waals surface area contributed by atoms with Gasteiger partial charge in [-0.3, -0.25) is 0 Å². The van der Waals surface area contributed by atoms with E-state index in [-0.39, 0.29) is 0 Å². The van der Waals surface area contributed by atoms with Crippen LogP contribution in [0.25, 0.3) is 0 Å². The molecule has 172 valence electrons. The molecule has 0 radical (unpaired) electrons. The van der Waals surface area contributed by atoms with Crippen LogP contribution in [-0.2, 0) is 0 Å². The molecule has 2 atom stereocenters. The maximum absolute atomic E-state index is 3.82. The SMILES string of the molecule is CCCCCCCCCCCC=C=C1C(=C(C)C)C2CCCCCCCCCCC12. The number of rotatable bonds is 10. The molecule has 0 heterocycles. The molecule has 2 rings (SSSR count). The molecule has 0 nitrogen and oxygen atoms in total. The Morgan fingerprint density at radius 2 is 1.20 bits per heavy atom. The van der Waals surface area contributed by atoms with Crippen LogP contribution < -0.4 is 0 Å². The summed E-state index contributed by atoms with van der Waals surface area (Å²) < 4.78 is 0. The molecular weight excluding hydrogens is 360 g/mol. The highest BCUT2D eigenvalue weighted by Crippen LogP contribution is 2.51. The normalized spacial score (nSPS) is 22.9. The molecule has 2 fully saturated rings. The highest BCUT2D eigenvalue weighted by atomic mass is 14.4. The Labute approximate surface area is 189 Å². The lowest BCUT2D eigenvalue weighted by Gasteiger charge is -2.43. The Morgan fingerprint density at radius 3 is 1.77 bits per heavy atom. The van der Waals surface area contributed by atoms with Gasteiger partial charge in [0.05, 0.1) is 0 Å². The van der Waals surface area contributed by atoms with E-state index in [2.05, 4.69) is 32.6 Å². The van der Waals surface area contributed by atoms with Gasteiger partial charge in [-0.25, -0.2) is 0 Å². The van der Waals surface area contributed by atoms with Gasteiger partial charge in [0.15, 0.2) is 0 Å². The Balaban J connectivity index is 1.79. The van der Waals surface area contributed by atoms with Crippen molar-refractivity contribution >= 4 is 0 Å². The van der Waals surface area contributed by atoms with Crippen LogP contribution in [0.3, 0.4) is 0 Å². The molecule has 0 N–H and O–H groups in total. The Bertz CT molecular complexity index is 538. The van der Waals surface area contributed by atoms with Crippen LogP contribution in [0.15, 0.2) is 28.5 Å². The summed E-state index contributed by atoms with van der Waals surface area (Å²) in [7, 11) is 0. The van der Waals surface area contributed by atoms with Gasteiger partial charge in [-0.2, -0.15) is 0 Å². The summed E-state index contributed by atoms with van der Waals surface area (Å²) >= 11 is 0. The number of unbranched alkanes of at least 4 members (excludes halogenated alkanes) is 9. The van der Waals surface area contributed by atoms with E-state index < -0.39 is 0 Å². The van der Waals surface area contributed by atoms with Crippen LogP contribution in [0.5, 0.6) is 0 Å². The lowest BCUT2D eigenvalue weighted by atomic mass is 9.60. The molecule has 0 spiro atoms. The minimum absolute atomic E-state index is 0.814. The fraction of sp³-hybridized carbons (Fsp3) is 0.833. The lowest BCUT2D eigenvalue weighted by molar-refractivity contribution is 0.297. The summed E-state index contributed by atoms with van der Waals surface area (Å²) in [6.07, 6.45) is 30.9. The van der Waals surface area contributed by atoms with Crippen molar-refractivity contribution in [3.8, 4) is 0 Å². The van der Waals surface area contributed by atoms with E-state index in [9.17, 15) is 0 Å². The molecule has 0 aromatic rings. The van der Waals surface area contributed by atoms with E-state index in [1.54, 1.807) is 16.7 Å². The molecule has 2 saturated carbocycles. The topological polar surface area (TPSA) is 0 Å². The Hall–Kier alpha value is -0.740. The summed E-state index contributed by atoms with van der Waals surface area (Å²) in [5, 5.41) is 0. The van der Waals surface area contributed by atoms with E-state index in [4.69, 9.17) is 0 Å². The first kappa shape index (κ1) is 25.5. The maximum atomic E-state index is 3.82. The van der Waals surface area contributed by atoms with Gasteiger partial charge in [0.2, 0.25) is 0 Å². The third kappa shape index (κ3) is 9.18. The first-order chi connectivity index (χ1) is 14.8. The zero-order chi connectivity index (χ0) is 21.4. The first-order valence-electron chi connectivity index (χ1n) is 13.9. The van der Waals surface area contributed by atoms with Crippen LogP contribution in [0.2, 0.25) is 0 Å². The largest absolute Gasteiger partial charge is 0.121 e. The van der Waals surface area contributed by atoms with Gasteiger partial charge in [0.1, 0.15) is 0 Å². The van der Waals surface area contributed by atoms with E-state index in [1.165, 1.54) is 128 Å². The van der Waals surface area contributed by atoms with Gasteiger partial charge in [-0.15, -0.1) is 5.73 Å². The summed E-state index contributed by atoms with van der Waals surface area (Å²) in [5.74, 6) is 1.66. The molecule has 0 bridgehead atoms. The molecule has 0 aliphatic heterocycles. The molecule has 2 unspecified atom stereocenters. The number of fused-ring (bicyclic) bond motifs is 1. The quantitative estimate of drug-likeness (QED) is 0.247. The molecule has 0 aromatic heterocycles. The van der Waals surface area contributed by atoms with Crippen molar-refractivity contribution in [1.82, 2.24) is 0 Å². The maximum Gasteiger partial charge on any atom is 0.000777 e. The lowest BCUT2D eigenvalue weighted by Crippen LogP contribution is -2.33. The second-order valence-corrected chi connectivity index (χ2v) is 10.4. The summed E-state index contributed by atoms with van der Waals surface area (Å²) in [4.78, 5) is 0. The summed E-state index contributed by atoms with van der Waals surface area (Å²) in [6, 6.07) is 0.